The second-order valence-corrected chi connectivity index (χ2v) is 8.47. The lowest BCUT2D eigenvalue weighted by atomic mass is 10.2. The van der Waals surface area contributed by atoms with Gasteiger partial charge in [-0.25, -0.2) is 8.42 Å². The Bertz CT molecular complexity index is 600. The molecule has 2 rings (SSSR count). The summed E-state index contributed by atoms with van der Waals surface area (Å²) in [6.07, 6.45) is 4.04. The molecule has 0 heterocycles. The van der Waals surface area contributed by atoms with Crippen LogP contribution in [0.5, 0.6) is 5.75 Å². The first-order valence-corrected chi connectivity index (χ1v) is 9.68. The topological polar surface area (TPSA) is 55.4 Å². The number of ether oxygens (including phenoxy) is 1. The minimum atomic E-state index is -2.97. The molecule has 0 saturated heterocycles. The summed E-state index contributed by atoms with van der Waals surface area (Å²) in [7, 11) is -2.97. The number of benzene rings is 1. The quantitative estimate of drug-likeness (QED) is 0.731. The van der Waals surface area contributed by atoms with Gasteiger partial charge in [0.05, 0.1) is 17.4 Å². The number of hydrogen-bond acceptors (Lipinski definition) is 4. The Hall–Kier alpha value is -0.490. The van der Waals surface area contributed by atoms with E-state index in [1.54, 1.807) is 6.07 Å². The van der Waals surface area contributed by atoms with E-state index in [9.17, 15) is 8.42 Å². The van der Waals surface area contributed by atoms with Gasteiger partial charge in [0.15, 0.2) is 0 Å². The molecule has 118 valence electrons. The summed E-state index contributed by atoms with van der Waals surface area (Å²) in [5.41, 5.74) is 0.902. The zero-order valence-electron chi connectivity index (χ0n) is 11.9. The van der Waals surface area contributed by atoms with E-state index < -0.39 is 9.84 Å². The highest BCUT2D eigenvalue weighted by Gasteiger charge is 2.21. The molecule has 1 aromatic rings. The van der Waals surface area contributed by atoms with Gasteiger partial charge in [-0.2, -0.15) is 0 Å². The largest absolute Gasteiger partial charge is 0.492 e. The van der Waals surface area contributed by atoms with E-state index in [1.807, 2.05) is 6.07 Å². The summed E-state index contributed by atoms with van der Waals surface area (Å²) in [4.78, 5) is 0. The van der Waals surface area contributed by atoms with E-state index in [4.69, 9.17) is 27.9 Å². The highest BCUT2D eigenvalue weighted by atomic mass is 35.5. The van der Waals surface area contributed by atoms with Crippen molar-refractivity contribution in [1.29, 1.82) is 0 Å². The molecule has 0 aliphatic heterocycles. The monoisotopic (exact) mass is 351 g/mol. The number of hydrogen-bond donors (Lipinski definition) is 1. The van der Waals surface area contributed by atoms with Crippen molar-refractivity contribution in [2.24, 2.45) is 0 Å². The molecule has 1 aliphatic rings. The summed E-state index contributed by atoms with van der Waals surface area (Å²) >= 11 is 12.2. The Morgan fingerprint density at radius 1 is 1.33 bits per heavy atom. The first-order valence-electron chi connectivity index (χ1n) is 6.87. The number of sulfone groups is 1. The minimum Gasteiger partial charge on any atom is -0.492 e. The van der Waals surface area contributed by atoms with Crippen molar-refractivity contribution >= 4 is 33.0 Å². The van der Waals surface area contributed by atoms with Gasteiger partial charge in [-0.3, -0.25) is 0 Å². The molecule has 21 heavy (non-hydrogen) atoms. The molecule has 0 spiro atoms. The third-order valence-corrected chi connectivity index (χ3v) is 4.68. The average molecular weight is 352 g/mol. The van der Waals surface area contributed by atoms with Gasteiger partial charge in [0, 0.05) is 29.4 Å². The maximum Gasteiger partial charge on any atom is 0.147 e. The molecule has 0 radical (unpaired) electrons. The Morgan fingerprint density at radius 3 is 2.67 bits per heavy atom. The maximum atomic E-state index is 11.1. The van der Waals surface area contributed by atoms with E-state index in [-0.39, 0.29) is 5.75 Å². The van der Waals surface area contributed by atoms with Gasteiger partial charge in [-0.15, -0.1) is 0 Å². The molecule has 0 aromatic heterocycles. The van der Waals surface area contributed by atoms with Crippen LogP contribution in [0.25, 0.3) is 0 Å². The van der Waals surface area contributed by atoms with Crippen molar-refractivity contribution in [3.63, 3.8) is 0 Å². The molecule has 4 nitrogen and oxygen atoms in total. The smallest absolute Gasteiger partial charge is 0.147 e. The molecule has 0 amide bonds. The van der Waals surface area contributed by atoms with Crippen molar-refractivity contribution < 1.29 is 13.2 Å². The van der Waals surface area contributed by atoms with Crippen LogP contribution < -0.4 is 10.1 Å². The maximum absolute atomic E-state index is 11.1. The van der Waals surface area contributed by atoms with Crippen LogP contribution in [0.4, 0.5) is 0 Å². The normalized spacial score (nSPS) is 15.2. The summed E-state index contributed by atoms with van der Waals surface area (Å²) in [6.45, 7) is 0.956. The molecular weight excluding hydrogens is 333 g/mol. The van der Waals surface area contributed by atoms with Gasteiger partial charge in [0.1, 0.15) is 15.6 Å². The fourth-order valence-electron chi connectivity index (χ4n) is 1.94. The Balaban J connectivity index is 1.98. The lowest BCUT2D eigenvalue weighted by Crippen LogP contribution is -2.16. The summed E-state index contributed by atoms with van der Waals surface area (Å²) in [5.74, 6) is 0.691. The van der Waals surface area contributed by atoms with Gasteiger partial charge in [0.2, 0.25) is 0 Å². The van der Waals surface area contributed by atoms with Crippen molar-refractivity contribution in [2.75, 3.05) is 18.6 Å². The Morgan fingerprint density at radius 2 is 2.05 bits per heavy atom. The zero-order valence-corrected chi connectivity index (χ0v) is 14.2. The van der Waals surface area contributed by atoms with Crippen LogP contribution in [-0.4, -0.2) is 33.1 Å². The molecular formula is C14H19Cl2NO3S. The summed E-state index contributed by atoms with van der Waals surface area (Å²) in [5, 5.41) is 4.41. The van der Waals surface area contributed by atoms with E-state index in [1.165, 1.54) is 19.1 Å². The SMILES string of the molecule is CS(=O)(=O)CCCOc1c(Cl)cc(Cl)cc1CNC1CC1. The first-order chi connectivity index (χ1) is 9.85. The van der Waals surface area contributed by atoms with Crippen LogP contribution >= 0.6 is 23.2 Å². The van der Waals surface area contributed by atoms with Crippen LogP contribution in [-0.2, 0) is 16.4 Å². The molecule has 1 aliphatic carbocycles. The average Bonchev–Trinajstić information content (AvgIpc) is 3.16. The minimum absolute atomic E-state index is 0.105. The number of rotatable bonds is 8. The van der Waals surface area contributed by atoms with E-state index >= 15 is 0 Å². The number of nitrogens with one attached hydrogen (secondary N) is 1. The van der Waals surface area contributed by atoms with Gasteiger partial charge in [0.25, 0.3) is 0 Å². The fraction of sp³-hybridized carbons (Fsp3) is 0.571. The second kappa shape index (κ2) is 7.18. The van der Waals surface area contributed by atoms with Crippen molar-refractivity contribution in [3.05, 3.63) is 27.7 Å². The molecule has 0 atom stereocenters. The molecule has 0 unspecified atom stereocenters. The van der Waals surface area contributed by atoms with Gasteiger partial charge in [-0.05, 0) is 31.4 Å². The zero-order chi connectivity index (χ0) is 15.5. The Kier molecular flexibility index (Phi) is 5.77. The first kappa shape index (κ1) is 16.9. The molecule has 7 heteroatoms. The predicted molar refractivity (Wildman–Crippen MR) is 86.1 cm³/mol. The van der Waals surface area contributed by atoms with E-state index in [2.05, 4.69) is 5.32 Å². The van der Waals surface area contributed by atoms with E-state index in [0.29, 0.717) is 41.4 Å². The van der Waals surface area contributed by atoms with Crippen LogP contribution in [0, 0.1) is 0 Å². The van der Waals surface area contributed by atoms with Crippen LogP contribution in [0.2, 0.25) is 10.0 Å². The van der Waals surface area contributed by atoms with Crippen molar-refractivity contribution in [1.82, 2.24) is 5.32 Å². The highest BCUT2D eigenvalue weighted by Crippen LogP contribution is 2.33. The molecule has 0 bridgehead atoms. The predicted octanol–water partition coefficient (Wildman–Crippen LogP) is 3.06. The van der Waals surface area contributed by atoms with Gasteiger partial charge >= 0.3 is 0 Å². The lowest BCUT2D eigenvalue weighted by molar-refractivity contribution is 0.314. The number of halogens is 2. The summed E-state index contributed by atoms with van der Waals surface area (Å²) < 4.78 is 27.9. The van der Waals surface area contributed by atoms with E-state index in [0.717, 1.165) is 5.56 Å². The standard InChI is InChI=1S/C14H19Cl2NO3S/c1-21(18,19)6-2-5-20-14-10(9-17-12-3-4-12)7-11(15)8-13(14)16/h7-8,12,17H,2-6,9H2,1H3. The Labute approximate surface area is 135 Å². The van der Waals surface area contributed by atoms with Crippen LogP contribution in [0.15, 0.2) is 12.1 Å². The molecule has 1 aromatic carbocycles. The van der Waals surface area contributed by atoms with Crippen LogP contribution in [0.1, 0.15) is 24.8 Å². The third kappa shape index (κ3) is 6.02. The van der Waals surface area contributed by atoms with Crippen LogP contribution in [0.3, 0.4) is 0 Å². The van der Waals surface area contributed by atoms with Crippen molar-refractivity contribution in [3.8, 4) is 5.75 Å². The summed E-state index contributed by atoms with van der Waals surface area (Å²) in [6, 6.07) is 4.03. The molecule has 1 fully saturated rings. The fourth-order valence-corrected chi connectivity index (χ4v) is 3.18. The third-order valence-electron chi connectivity index (χ3n) is 3.15. The van der Waals surface area contributed by atoms with Gasteiger partial charge in [-0.1, -0.05) is 23.2 Å². The highest BCUT2D eigenvalue weighted by molar-refractivity contribution is 7.90. The molecule has 1 N–H and O–H groups in total. The lowest BCUT2D eigenvalue weighted by Gasteiger charge is -2.14. The molecule has 1 saturated carbocycles. The second-order valence-electron chi connectivity index (χ2n) is 5.36. The van der Waals surface area contributed by atoms with Crippen molar-refractivity contribution in [2.45, 2.75) is 31.8 Å². The van der Waals surface area contributed by atoms with Gasteiger partial charge < -0.3 is 10.1 Å².